The van der Waals surface area contributed by atoms with Gasteiger partial charge in [-0.2, -0.15) is 0 Å². The number of halogens is 1. The molecule has 6 nitrogen and oxygen atoms in total. The van der Waals surface area contributed by atoms with E-state index in [-0.39, 0.29) is 18.3 Å². The Morgan fingerprint density at radius 1 is 1.23 bits per heavy atom. The molecule has 3 heterocycles. The zero-order valence-electron chi connectivity index (χ0n) is 17.3. The lowest BCUT2D eigenvalue weighted by Gasteiger charge is -2.07. The number of aromatic nitrogens is 3. The van der Waals surface area contributed by atoms with Crippen molar-refractivity contribution in [2.24, 2.45) is 0 Å². The molecule has 1 aliphatic rings. The van der Waals surface area contributed by atoms with Crippen LogP contribution in [-0.2, 0) is 35.1 Å². The standard InChI is InChI=1S/C19H19FN4O.C4H6OS/c1-2-17-9-14(7-8-21-17)10-22-19(25)12-24-11-18(23-13-24)15-3-5-16(20)6-4-15;5-6-3-1-2-4-6/h3-9,11,13H,2,10,12H2,1H3,(H,22,25);1,3H,2,4H2. The van der Waals surface area contributed by atoms with E-state index in [9.17, 15) is 13.4 Å². The van der Waals surface area contributed by atoms with Crippen LogP contribution in [0.25, 0.3) is 11.3 Å². The van der Waals surface area contributed by atoms with E-state index in [1.165, 1.54) is 12.1 Å². The van der Waals surface area contributed by atoms with E-state index in [1.807, 2.05) is 25.1 Å². The highest BCUT2D eigenvalue weighted by atomic mass is 32.2. The number of amides is 1. The van der Waals surface area contributed by atoms with Crippen molar-refractivity contribution in [3.8, 4) is 11.3 Å². The summed E-state index contributed by atoms with van der Waals surface area (Å²) in [6.45, 7) is 2.69. The summed E-state index contributed by atoms with van der Waals surface area (Å²) < 4.78 is 24.9. The molecule has 1 aromatic carbocycles. The minimum absolute atomic E-state index is 0.0992. The van der Waals surface area contributed by atoms with Crippen molar-refractivity contribution < 1.29 is 13.4 Å². The minimum atomic E-state index is -0.603. The van der Waals surface area contributed by atoms with Crippen LogP contribution in [0.15, 0.2) is 66.6 Å². The number of carbonyl (C=O) groups excluding carboxylic acids is 1. The molecule has 1 atom stereocenters. The number of hydrogen-bond donors (Lipinski definition) is 1. The van der Waals surface area contributed by atoms with E-state index in [2.05, 4.69) is 15.3 Å². The molecule has 4 rings (SSSR count). The Labute approximate surface area is 183 Å². The maximum absolute atomic E-state index is 13.0. The number of imidazole rings is 1. The third-order valence-corrected chi connectivity index (χ3v) is 5.70. The van der Waals surface area contributed by atoms with Crippen LogP contribution in [0.3, 0.4) is 0 Å². The third-order valence-electron chi connectivity index (χ3n) is 4.57. The first-order valence-corrected chi connectivity index (χ1v) is 11.4. The number of hydrogen-bond acceptors (Lipinski definition) is 4. The Balaban J connectivity index is 0.000000391. The van der Waals surface area contributed by atoms with Gasteiger partial charge >= 0.3 is 0 Å². The Bertz CT molecular complexity index is 1060. The Kier molecular flexibility index (Phi) is 8.23. The van der Waals surface area contributed by atoms with E-state index >= 15 is 0 Å². The molecule has 1 N–H and O–H groups in total. The molecule has 1 aliphatic heterocycles. The summed E-state index contributed by atoms with van der Waals surface area (Å²) in [5.74, 6) is 0.461. The fourth-order valence-corrected chi connectivity index (χ4v) is 3.75. The average molecular weight is 441 g/mol. The molecule has 0 spiro atoms. The number of nitrogens with one attached hydrogen (secondary N) is 1. The average Bonchev–Trinajstić information content (AvgIpc) is 3.45. The number of carbonyl (C=O) groups is 1. The van der Waals surface area contributed by atoms with Gasteiger partial charge in [0.15, 0.2) is 0 Å². The Morgan fingerprint density at radius 2 is 2.03 bits per heavy atom. The van der Waals surface area contributed by atoms with Crippen molar-refractivity contribution in [2.45, 2.75) is 32.9 Å². The van der Waals surface area contributed by atoms with Crippen LogP contribution in [0.2, 0.25) is 0 Å². The summed E-state index contributed by atoms with van der Waals surface area (Å²) in [5, 5.41) is 4.64. The number of rotatable bonds is 6. The van der Waals surface area contributed by atoms with E-state index in [0.717, 1.165) is 35.4 Å². The molecule has 0 saturated heterocycles. The van der Waals surface area contributed by atoms with Crippen LogP contribution in [0, 0.1) is 5.82 Å². The predicted octanol–water partition coefficient (Wildman–Crippen LogP) is 3.62. The normalized spacial score (nSPS) is 14.7. The molecule has 0 radical (unpaired) electrons. The number of benzene rings is 1. The van der Waals surface area contributed by atoms with Crippen molar-refractivity contribution >= 4 is 16.7 Å². The fourth-order valence-electron chi connectivity index (χ4n) is 2.90. The Hall–Kier alpha value is -3.13. The molecule has 0 saturated carbocycles. The minimum Gasteiger partial charge on any atom is -0.350 e. The molecular weight excluding hydrogens is 415 g/mol. The molecule has 1 amide bonds. The second-order valence-corrected chi connectivity index (χ2v) is 8.41. The first-order chi connectivity index (χ1) is 15.0. The maximum Gasteiger partial charge on any atom is 0.240 e. The summed E-state index contributed by atoms with van der Waals surface area (Å²) in [6.07, 6.45) is 8.95. The zero-order valence-corrected chi connectivity index (χ0v) is 18.1. The van der Waals surface area contributed by atoms with Crippen LogP contribution < -0.4 is 5.32 Å². The van der Waals surface area contributed by atoms with Crippen LogP contribution in [0.1, 0.15) is 24.6 Å². The molecule has 3 aromatic rings. The quantitative estimate of drug-likeness (QED) is 0.635. The van der Waals surface area contributed by atoms with Gasteiger partial charge < -0.3 is 9.88 Å². The smallest absolute Gasteiger partial charge is 0.240 e. The Morgan fingerprint density at radius 3 is 2.68 bits per heavy atom. The van der Waals surface area contributed by atoms with Crippen molar-refractivity contribution in [2.75, 3.05) is 5.75 Å². The van der Waals surface area contributed by atoms with E-state index in [1.54, 1.807) is 40.8 Å². The van der Waals surface area contributed by atoms with Gasteiger partial charge in [0.1, 0.15) is 12.4 Å². The maximum atomic E-state index is 13.0. The van der Waals surface area contributed by atoms with Gasteiger partial charge in [0.05, 0.1) is 12.0 Å². The van der Waals surface area contributed by atoms with Gasteiger partial charge in [-0.25, -0.2) is 9.37 Å². The summed E-state index contributed by atoms with van der Waals surface area (Å²) in [7, 11) is -0.603. The fraction of sp³-hybridized carbons (Fsp3) is 0.261. The molecule has 0 fully saturated rings. The van der Waals surface area contributed by atoms with Crippen molar-refractivity contribution in [1.82, 2.24) is 19.9 Å². The summed E-state index contributed by atoms with van der Waals surface area (Å²) in [5.41, 5.74) is 3.54. The molecule has 162 valence electrons. The number of pyridine rings is 1. The van der Waals surface area contributed by atoms with Crippen LogP contribution in [0.4, 0.5) is 4.39 Å². The van der Waals surface area contributed by atoms with Crippen molar-refractivity contribution in [1.29, 1.82) is 0 Å². The van der Waals surface area contributed by atoms with Gasteiger partial charge in [-0.05, 0) is 60.2 Å². The summed E-state index contributed by atoms with van der Waals surface area (Å²) in [6, 6.07) is 9.99. The molecule has 2 aromatic heterocycles. The lowest BCUT2D eigenvalue weighted by atomic mass is 10.2. The predicted molar refractivity (Wildman–Crippen MR) is 120 cm³/mol. The third kappa shape index (κ3) is 7.25. The summed E-state index contributed by atoms with van der Waals surface area (Å²) >= 11 is 0. The largest absolute Gasteiger partial charge is 0.350 e. The SMILES string of the molecule is CCc1cc(CNC(=O)Cn2cnc(-c3ccc(F)cc3)c2)ccn1.O=S1C=CCC1. The second-order valence-electron chi connectivity index (χ2n) is 6.97. The van der Waals surface area contributed by atoms with Gasteiger partial charge in [0, 0.05) is 46.7 Å². The van der Waals surface area contributed by atoms with E-state index in [0.29, 0.717) is 12.2 Å². The molecule has 0 aliphatic carbocycles. The molecule has 8 heteroatoms. The lowest BCUT2D eigenvalue weighted by molar-refractivity contribution is -0.121. The van der Waals surface area contributed by atoms with Crippen LogP contribution >= 0.6 is 0 Å². The van der Waals surface area contributed by atoms with Gasteiger partial charge in [0.2, 0.25) is 5.91 Å². The van der Waals surface area contributed by atoms with Gasteiger partial charge in [-0.15, -0.1) is 0 Å². The highest BCUT2D eigenvalue weighted by Gasteiger charge is 2.07. The van der Waals surface area contributed by atoms with Crippen molar-refractivity contribution in [3.63, 3.8) is 0 Å². The highest BCUT2D eigenvalue weighted by molar-refractivity contribution is 7.88. The molecule has 0 bridgehead atoms. The lowest BCUT2D eigenvalue weighted by Crippen LogP contribution is -2.26. The molecule has 1 unspecified atom stereocenters. The molecular formula is C23H25FN4O2S. The van der Waals surface area contributed by atoms with Crippen LogP contribution in [-0.4, -0.2) is 30.4 Å². The van der Waals surface area contributed by atoms with Gasteiger partial charge in [0.25, 0.3) is 0 Å². The highest BCUT2D eigenvalue weighted by Crippen LogP contribution is 2.17. The number of nitrogens with zero attached hydrogens (tertiary/aromatic N) is 3. The van der Waals surface area contributed by atoms with Gasteiger partial charge in [-0.1, -0.05) is 13.0 Å². The number of aryl methyl sites for hydroxylation is 1. The van der Waals surface area contributed by atoms with Gasteiger partial charge in [-0.3, -0.25) is 14.0 Å². The monoisotopic (exact) mass is 440 g/mol. The second kappa shape index (κ2) is 11.3. The number of allylic oxidation sites excluding steroid dienone is 1. The van der Waals surface area contributed by atoms with E-state index in [4.69, 9.17) is 0 Å². The van der Waals surface area contributed by atoms with E-state index < -0.39 is 10.8 Å². The summed E-state index contributed by atoms with van der Waals surface area (Å²) in [4.78, 5) is 20.6. The van der Waals surface area contributed by atoms with Crippen LogP contribution in [0.5, 0.6) is 0 Å². The first kappa shape index (κ1) is 22.6. The first-order valence-electron chi connectivity index (χ1n) is 10.1. The topological polar surface area (TPSA) is 76.9 Å². The molecule has 31 heavy (non-hydrogen) atoms. The zero-order chi connectivity index (χ0) is 22.1. The van der Waals surface area contributed by atoms with Crippen molar-refractivity contribution in [3.05, 3.63) is 83.7 Å².